The number of halogens is 2. The summed E-state index contributed by atoms with van der Waals surface area (Å²) in [5.74, 6) is -0.234. The maximum absolute atomic E-state index is 13.6. The van der Waals surface area contributed by atoms with Crippen LogP contribution >= 0.6 is 11.6 Å². The van der Waals surface area contributed by atoms with Crippen LogP contribution in [0.4, 0.5) is 21.5 Å². The molecule has 2 aromatic rings. The Morgan fingerprint density at radius 2 is 1.96 bits per heavy atom. The largest absolute Gasteiger partial charge is 0.366 e. The lowest BCUT2D eigenvalue weighted by molar-refractivity contribution is 0.552. The van der Waals surface area contributed by atoms with Gasteiger partial charge in [-0.2, -0.15) is 0 Å². The molecule has 2 aromatic carbocycles. The van der Waals surface area contributed by atoms with Crippen molar-refractivity contribution in [2.24, 2.45) is 4.99 Å². The third-order valence-electron chi connectivity index (χ3n) is 3.64. The molecule has 23 heavy (non-hydrogen) atoms. The first-order chi connectivity index (χ1) is 10.9. The van der Waals surface area contributed by atoms with Crippen molar-refractivity contribution in [3.63, 3.8) is 0 Å². The van der Waals surface area contributed by atoms with Crippen LogP contribution in [0.15, 0.2) is 35.3 Å². The van der Waals surface area contributed by atoms with Gasteiger partial charge in [-0.25, -0.2) is 9.38 Å². The summed E-state index contributed by atoms with van der Waals surface area (Å²) in [6, 6.07) is 8.79. The second kappa shape index (κ2) is 7.47. The van der Waals surface area contributed by atoms with Crippen LogP contribution in [-0.2, 0) is 0 Å². The number of anilines is 2. The molecule has 1 N–H and O–H groups in total. The number of hydrogen-bond donors (Lipinski definition) is 1. The molecule has 5 heteroatoms. The fourth-order valence-corrected chi connectivity index (χ4v) is 2.18. The van der Waals surface area contributed by atoms with E-state index in [1.807, 2.05) is 44.0 Å². The number of aryl methyl sites for hydroxylation is 2. The highest BCUT2D eigenvalue weighted by atomic mass is 35.5. The van der Waals surface area contributed by atoms with E-state index < -0.39 is 0 Å². The summed E-state index contributed by atoms with van der Waals surface area (Å²) in [6.07, 6.45) is 1.75. The molecule has 0 spiro atoms. The molecule has 0 fully saturated rings. The Labute approximate surface area is 141 Å². The van der Waals surface area contributed by atoms with E-state index in [0.717, 1.165) is 17.8 Å². The summed E-state index contributed by atoms with van der Waals surface area (Å²) in [6.45, 7) is 6.62. The third-order valence-corrected chi connectivity index (χ3v) is 3.94. The van der Waals surface area contributed by atoms with Crippen LogP contribution in [0.2, 0.25) is 5.02 Å². The molecule has 0 saturated heterocycles. The third kappa shape index (κ3) is 4.45. The minimum Gasteiger partial charge on any atom is -0.366 e. The molecular formula is C18H21ClFN3. The fraction of sp³-hybridized carbons (Fsp3) is 0.278. The smallest absolute Gasteiger partial charge is 0.128 e. The van der Waals surface area contributed by atoms with Gasteiger partial charge in [-0.05, 0) is 56.2 Å². The Bertz CT molecular complexity index is 728. The van der Waals surface area contributed by atoms with Crippen molar-refractivity contribution in [1.82, 2.24) is 4.90 Å². The molecule has 0 aliphatic carbocycles. The van der Waals surface area contributed by atoms with Gasteiger partial charge < -0.3 is 10.2 Å². The van der Waals surface area contributed by atoms with E-state index in [0.29, 0.717) is 22.0 Å². The van der Waals surface area contributed by atoms with Gasteiger partial charge in [0.15, 0.2) is 0 Å². The summed E-state index contributed by atoms with van der Waals surface area (Å²) < 4.78 is 13.6. The molecule has 0 unspecified atom stereocenters. The maximum Gasteiger partial charge on any atom is 0.128 e. The lowest BCUT2D eigenvalue weighted by Crippen LogP contribution is -2.14. The Kier molecular flexibility index (Phi) is 5.61. The highest BCUT2D eigenvalue weighted by molar-refractivity contribution is 6.33. The van der Waals surface area contributed by atoms with Gasteiger partial charge in [-0.15, -0.1) is 0 Å². The number of nitrogens with zero attached hydrogens (tertiary/aromatic N) is 2. The molecule has 3 nitrogen and oxygen atoms in total. The second-order valence-electron chi connectivity index (χ2n) is 5.53. The summed E-state index contributed by atoms with van der Waals surface area (Å²) in [4.78, 5) is 6.36. The van der Waals surface area contributed by atoms with Crippen LogP contribution in [0, 0.1) is 19.7 Å². The predicted molar refractivity (Wildman–Crippen MR) is 97.1 cm³/mol. The Hall–Kier alpha value is -2.07. The fourth-order valence-electron chi connectivity index (χ4n) is 1.97. The van der Waals surface area contributed by atoms with Crippen molar-refractivity contribution in [2.45, 2.75) is 20.8 Å². The Morgan fingerprint density at radius 3 is 2.61 bits per heavy atom. The number of nitrogens with one attached hydrogen (secondary N) is 1. The van der Waals surface area contributed by atoms with Crippen molar-refractivity contribution in [3.05, 3.63) is 52.3 Å². The average Bonchev–Trinajstić information content (AvgIpc) is 2.52. The monoisotopic (exact) mass is 333 g/mol. The normalized spacial score (nSPS) is 11.0. The molecule has 2 rings (SSSR count). The van der Waals surface area contributed by atoms with E-state index in [9.17, 15) is 4.39 Å². The van der Waals surface area contributed by atoms with Gasteiger partial charge in [0.2, 0.25) is 0 Å². The van der Waals surface area contributed by atoms with Crippen LogP contribution in [0.1, 0.15) is 18.1 Å². The standard InChI is InChI=1S/C18H21ClFN3/c1-5-23(4)11-21-18-8-13(3)17(10-15(18)19)22-14-7-6-12(2)16(20)9-14/h6-11,22H,5H2,1-4H3/b21-11-. The van der Waals surface area contributed by atoms with Crippen LogP contribution in [-0.4, -0.2) is 24.8 Å². The van der Waals surface area contributed by atoms with Crippen molar-refractivity contribution < 1.29 is 4.39 Å². The minimum atomic E-state index is -0.234. The van der Waals surface area contributed by atoms with Gasteiger partial charge in [0.25, 0.3) is 0 Å². The van der Waals surface area contributed by atoms with Crippen molar-refractivity contribution in [1.29, 1.82) is 0 Å². The molecule has 0 amide bonds. The molecule has 0 aromatic heterocycles. The number of rotatable bonds is 5. The Morgan fingerprint density at radius 1 is 1.22 bits per heavy atom. The number of hydrogen-bond acceptors (Lipinski definition) is 2. The van der Waals surface area contributed by atoms with E-state index in [4.69, 9.17) is 11.6 Å². The first-order valence-corrected chi connectivity index (χ1v) is 7.86. The zero-order valence-corrected chi connectivity index (χ0v) is 14.6. The molecule has 0 heterocycles. The van der Waals surface area contributed by atoms with Gasteiger partial charge in [0.05, 0.1) is 17.0 Å². The molecule has 0 aliphatic rings. The summed E-state index contributed by atoms with van der Waals surface area (Å²) in [5, 5.41) is 3.75. The van der Waals surface area contributed by atoms with Crippen molar-refractivity contribution >= 4 is 35.0 Å². The van der Waals surface area contributed by atoms with Gasteiger partial charge in [0, 0.05) is 25.0 Å². The first kappa shape index (κ1) is 17.3. The van der Waals surface area contributed by atoms with Crippen LogP contribution in [0.5, 0.6) is 0 Å². The highest BCUT2D eigenvalue weighted by Gasteiger charge is 2.07. The van der Waals surface area contributed by atoms with E-state index in [2.05, 4.69) is 10.3 Å². The second-order valence-corrected chi connectivity index (χ2v) is 5.93. The molecule has 0 aliphatic heterocycles. The van der Waals surface area contributed by atoms with Crippen LogP contribution in [0.25, 0.3) is 0 Å². The Balaban J connectivity index is 2.25. The van der Waals surface area contributed by atoms with Crippen molar-refractivity contribution in [3.8, 4) is 0 Å². The number of aliphatic imine (C=N–C) groups is 1. The first-order valence-electron chi connectivity index (χ1n) is 7.48. The van der Waals surface area contributed by atoms with E-state index in [-0.39, 0.29) is 5.82 Å². The summed E-state index contributed by atoms with van der Waals surface area (Å²) in [5.41, 5.74) is 3.84. The van der Waals surface area contributed by atoms with Crippen LogP contribution < -0.4 is 5.32 Å². The predicted octanol–water partition coefficient (Wildman–Crippen LogP) is 5.45. The van der Waals surface area contributed by atoms with Gasteiger partial charge in [0.1, 0.15) is 5.82 Å². The molecule has 0 atom stereocenters. The van der Waals surface area contributed by atoms with E-state index in [1.165, 1.54) is 6.07 Å². The van der Waals surface area contributed by atoms with E-state index >= 15 is 0 Å². The lowest BCUT2D eigenvalue weighted by Gasteiger charge is -2.13. The van der Waals surface area contributed by atoms with Crippen LogP contribution in [0.3, 0.4) is 0 Å². The lowest BCUT2D eigenvalue weighted by atomic mass is 10.1. The zero-order valence-electron chi connectivity index (χ0n) is 13.8. The minimum absolute atomic E-state index is 0.234. The van der Waals surface area contributed by atoms with Crippen molar-refractivity contribution in [2.75, 3.05) is 18.9 Å². The molecule has 122 valence electrons. The summed E-state index contributed by atoms with van der Waals surface area (Å²) >= 11 is 6.30. The van der Waals surface area contributed by atoms with Gasteiger partial charge >= 0.3 is 0 Å². The average molecular weight is 334 g/mol. The van der Waals surface area contributed by atoms with Gasteiger partial charge in [-0.1, -0.05) is 17.7 Å². The molecule has 0 saturated carbocycles. The van der Waals surface area contributed by atoms with E-state index in [1.54, 1.807) is 19.3 Å². The molecule has 0 radical (unpaired) electrons. The number of benzene rings is 2. The molecular weight excluding hydrogens is 313 g/mol. The quantitative estimate of drug-likeness (QED) is 0.582. The SMILES string of the molecule is CCN(C)/C=N\c1cc(C)c(Nc2ccc(C)c(F)c2)cc1Cl. The van der Waals surface area contributed by atoms with Gasteiger partial charge in [-0.3, -0.25) is 0 Å². The zero-order chi connectivity index (χ0) is 17.0. The highest BCUT2D eigenvalue weighted by Crippen LogP contribution is 2.32. The summed E-state index contributed by atoms with van der Waals surface area (Å²) in [7, 11) is 1.95. The molecule has 0 bridgehead atoms. The topological polar surface area (TPSA) is 27.6 Å². The maximum atomic E-state index is 13.6.